The van der Waals surface area contributed by atoms with E-state index in [1.165, 1.54) is 20.7 Å². The normalized spacial score (nSPS) is 11.2. The standard InChI is InChI=1S/C18H12Cl2N4OS2/c1-26-12-5-2-10(3-6-12)8-15-17(25)24-18(22-21-15)27-16(23-24)13-7-4-11(19)9-14(13)20/h2-7,9H,8H2,1H3. The van der Waals surface area contributed by atoms with Gasteiger partial charge in [0.15, 0.2) is 0 Å². The highest BCUT2D eigenvalue weighted by molar-refractivity contribution is 7.98. The number of thioether (sulfide) groups is 1. The second-order valence-corrected chi connectivity index (χ2v) is 8.38. The van der Waals surface area contributed by atoms with Gasteiger partial charge in [-0.2, -0.15) is 9.61 Å². The molecule has 2 aromatic heterocycles. The summed E-state index contributed by atoms with van der Waals surface area (Å²) in [6, 6.07) is 13.2. The highest BCUT2D eigenvalue weighted by Crippen LogP contribution is 2.32. The van der Waals surface area contributed by atoms with Crippen molar-refractivity contribution in [1.82, 2.24) is 19.8 Å². The summed E-state index contributed by atoms with van der Waals surface area (Å²) >= 11 is 15.1. The molecule has 2 heterocycles. The summed E-state index contributed by atoms with van der Waals surface area (Å²) in [5.41, 5.74) is 1.77. The molecule has 4 rings (SSSR count). The Kier molecular flexibility index (Phi) is 5.19. The lowest BCUT2D eigenvalue weighted by atomic mass is 10.1. The van der Waals surface area contributed by atoms with Crippen LogP contribution in [0.15, 0.2) is 52.2 Å². The number of nitrogens with zero attached hydrogens (tertiary/aromatic N) is 4. The summed E-state index contributed by atoms with van der Waals surface area (Å²) in [6.45, 7) is 0. The smallest absolute Gasteiger partial charge is 0.265 e. The zero-order valence-electron chi connectivity index (χ0n) is 14.0. The zero-order chi connectivity index (χ0) is 19.0. The monoisotopic (exact) mass is 434 g/mol. The van der Waals surface area contributed by atoms with Crippen molar-refractivity contribution in [2.24, 2.45) is 0 Å². The van der Waals surface area contributed by atoms with E-state index in [4.69, 9.17) is 23.2 Å². The number of rotatable bonds is 4. The molecule has 0 saturated carbocycles. The van der Waals surface area contributed by atoms with Crippen LogP contribution < -0.4 is 5.56 Å². The highest BCUT2D eigenvalue weighted by atomic mass is 35.5. The number of hydrogen-bond donors (Lipinski definition) is 0. The number of hydrogen-bond acceptors (Lipinski definition) is 6. The zero-order valence-corrected chi connectivity index (χ0v) is 17.2. The molecule has 0 atom stereocenters. The Morgan fingerprint density at radius 2 is 1.89 bits per heavy atom. The maximum absolute atomic E-state index is 12.8. The van der Waals surface area contributed by atoms with Gasteiger partial charge in [-0.05, 0) is 42.2 Å². The van der Waals surface area contributed by atoms with Crippen molar-refractivity contribution in [3.8, 4) is 10.6 Å². The Morgan fingerprint density at radius 1 is 1.11 bits per heavy atom. The van der Waals surface area contributed by atoms with Gasteiger partial charge in [0.05, 0.1) is 5.02 Å². The molecule has 0 aliphatic rings. The molecule has 0 amide bonds. The summed E-state index contributed by atoms with van der Waals surface area (Å²) in [7, 11) is 0. The van der Waals surface area contributed by atoms with Crippen LogP contribution in [0.25, 0.3) is 15.5 Å². The van der Waals surface area contributed by atoms with Gasteiger partial charge in [0.25, 0.3) is 5.56 Å². The van der Waals surface area contributed by atoms with Crippen molar-refractivity contribution in [3.05, 3.63) is 74.1 Å². The molecule has 2 aromatic carbocycles. The van der Waals surface area contributed by atoms with Gasteiger partial charge in [0, 0.05) is 21.9 Å². The molecule has 0 aliphatic heterocycles. The summed E-state index contributed by atoms with van der Waals surface area (Å²) in [4.78, 5) is 14.4. The lowest BCUT2D eigenvalue weighted by molar-refractivity contribution is 0.810. The summed E-state index contributed by atoms with van der Waals surface area (Å²) in [6.07, 6.45) is 2.42. The molecular formula is C18H12Cl2N4OS2. The maximum atomic E-state index is 12.8. The minimum Gasteiger partial charge on any atom is -0.265 e. The van der Waals surface area contributed by atoms with E-state index >= 15 is 0 Å². The molecule has 0 fully saturated rings. The van der Waals surface area contributed by atoms with Gasteiger partial charge in [-0.3, -0.25) is 4.79 Å². The van der Waals surface area contributed by atoms with Gasteiger partial charge in [-0.1, -0.05) is 46.7 Å². The lowest BCUT2D eigenvalue weighted by Crippen LogP contribution is -2.22. The molecule has 9 heteroatoms. The fourth-order valence-corrected chi connectivity index (χ4v) is 4.40. The molecule has 4 aromatic rings. The van der Waals surface area contributed by atoms with E-state index in [0.717, 1.165) is 5.56 Å². The summed E-state index contributed by atoms with van der Waals surface area (Å²) in [5.74, 6) is 0. The minimum absolute atomic E-state index is 0.276. The van der Waals surface area contributed by atoms with Crippen molar-refractivity contribution < 1.29 is 0 Å². The van der Waals surface area contributed by atoms with Crippen LogP contribution in [0, 0.1) is 0 Å². The molecule has 0 unspecified atom stereocenters. The van der Waals surface area contributed by atoms with Crippen LogP contribution in [0.5, 0.6) is 0 Å². The molecule has 136 valence electrons. The minimum atomic E-state index is -0.276. The Morgan fingerprint density at radius 3 is 2.59 bits per heavy atom. The van der Waals surface area contributed by atoms with Crippen molar-refractivity contribution in [2.75, 3.05) is 6.26 Å². The van der Waals surface area contributed by atoms with Gasteiger partial charge in [-0.15, -0.1) is 22.0 Å². The molecule has 27 heavy (non-hydrogen) atoms. The Bertz CT molecular complexity index is 1190. The van der Waals surface area contributed by atoms with Crippen molar-refractivity contribution in [3.63, 3.8) is 0 Å². The first-order valence-corrected chi connectivity index (χ1v) is 10.7. The van der Waals surface area contributed by atoms with Crippen molar-refractivity contribution in [2.45, 2.75) is 11.3 Å². The first-order valence-electron chi connectivity index (χ1n) is 7.89. The largest absolute Gasteiger partial charge is 0.297 e. The van der Waals surface area contributed by atoms with Crippen LogP contribution in [0.3, 0.4) is 0 Å². The Hall–Kier alpha value is -1.93. The molecule has 0 radical (unpaired) electrons. The molecule has 0 aliphatic carbocycles. The second kappa shape index (κ2) is 7.59. The van der Waals surface area contributed by atoms with E-state index in [2.05, 4.69) is 15.3 Å². The maximum Gasteiger partial charge on any atom is 0.297 e. The number of benzene rings is 2. The van der Waals surface area contributed by atoms with Crippen LogP contribution >= 0.6 is 46.3 Å². The lowest BCUT2D eigenvalue weighted by Gasteiger charge is -2.01. The van der Waals surface area contributed by atoms with E-state index in [1.807, 2.05) is 30.5 Å². The number of aromatic nitrogens is 4. The fraction of sp³-hybridized carbons (Fsp3) is 0.111. The molecule has 0 bridgehead atoms. The quantitative estimate of drug-likeness (QED) is 0.430. The SMILES string of the molecule is CSc1ccc(Cc2nnc3sc(-c4ccc(Cl)cc4Cl)nn3c2=O)cc1. The first-order chi connectivity index (χ1) is 13.0. The number of fused-ring (bicyclic) bond motifs is 1. The van der Waals surface area contributed by atoms with Gasteiger partial charge < -0.3 is 0 Å². The van der Waals surface area contributed by atoms with Gasteiger partial charge in [0.2, 0.25) is 4.96 Å². The van der Waals surface area contributed by atoms with Crippen LogP contribution in [-0.4, -0.2) is 26.1 Å². The van der Waals surface area contributed by atoms with Crippen LogP contribution in [0.1, 0.15) is 11.3 Å². The first kappa shape index (κ1) is 18.4. The predicted octanol–water partition coefficient (Wildman–Crippen LogP) is 4.83. The molecule has 0 N–H and O–H groups in total. The summed E-state index contributed by atoms with van der Waals surface area (Å²) < 4.78 is 1.28. The average Bonchev–Trinajstić information content (AvgIpc) is 3.09. The topological polar surface area (TPSA) is 60.1 Å². The Labute approximate surface area is 173 Å². The highest BCUT2D eigenvalue weighted by Gasteiger charge is 2.15. The van der Waals surface area contributed by atoms with Gasteiger partial charge >= 0.3 is 0 Å². The summed E-state index contributed by atoms with van der Waals surface area (Å²) in [5, 5.41) is 14.3. The second-order valence-electron chi connectivity index (χ2n) is 5.70. The third-order valence-corrected chi connectivity index (χ3v) is 6.17. The third kappa shape index (κ3) is 3.73. The van der Waals surface area contributed by atoms with E-state index in [9.17, 15) is 4.79 Å². The van der Waals surface area contributed by atoms with E-state index < -0.39 is 0 Å². The predicted molar refractivity (Wildman–Crippen MR) is 111 cm³/mol. The van der Waals surface area contributed by atoms with Crippen LogP contribution in [0.4, 0.5) is 0 Å². The van der Waals surface area contributed by atoms with Crippen LogP contribution in [-0.2, 0) is 6.42 Å². The van der Waals surface area contributed by atoms with Crippen molar-refractivity contribution in [1.29, 1.82) is 0 Å². The van der Waals surface area contributed by atoms with E-state index in [0.29, 0.717) is 37.7 Å². The molecular weight excluding hydrogens is 423 g/mol. The molecule has 5 nitrogen and oxygen atoms in total. The van der Waals surface area contributed by atoms with E-state index in [-0.39, 0.29) is 5.56 Å². The average molecular weight is 435 g/mol. The van der Waals surface area contributed by atoms with E-state index in [1.54, 1.807) is 30.0 Å². The molecule has 0 saturated heterocycles. The third-order valence-electron chi connectivity index (χ3n) is 3.95. The van der Waals surface area contributed by atoms with Gasteiger partial charge in [-0.25, -0.2) is 0 Å². The van der Waals surface area contributed by atoms with Gasteiger partial charge in [0.1, 0.15) is 10.7 Å². The molecule has 0 spiro atoms. The van der Waals surface area contributed by atoms with Crippen LogP contribution in [0.2, 0.25) is 10.0 Å². The van der Waals surface area contributed by atoms with Crippen molar-refractivity contribution >= 4 is 51.3 Å². The number of halogens is 2. The fourth-order valence-electron chi connectivity index (χ4n) is 2.57. The Balaban J connectivity index is 1.72.